The minimum absolute atomic E-state index is 0.0660. The van der Waals surface area contributed by atoms with Gasteiger partial charge in [0.25, 0.3) is 0 Å². The van der Waals surface area contributed by atoms with Gasteiger partial charge in [-0.05, 0) is 41.7 Å². The molecule has 0 amide bonds. The van der Waals surface area contributed by atoms with Crippen molar-refractivity contribution in [3.05, 3.63) is 28.4 Å². The van der Waals surface area contributed by atoms with Crippen molar-refractivity contribution < 1.29 is 10.0 Å². The molecule has 134 valence electrons. The highest BCUT2D eigenvalue weighted by Gasteiger charge is 2.65. The summed E-state index contributed by atoms with van der Waals surface area (Å²) in [5.74, 6) is -0.118. The number of anilines is 1. The highest BCUT2D eigenvalue weighted by Crippen LogP contribution is 2.64. The number of hydrogen-bond donors (Lipinski definition) is 1. The van der Waals surface area contributed by atoms with Gasteiger partial charge in [-0.1, -0.05) is 27.7 Å². The Hall–Kier alpha value is -1.69. The Morgan fingerprint density at radius 2 is 1.62 bits per heavy atom. The molecule has 1 aliphatic heterocycles. The van der Waals surface area contributed by atoms with E-state index in [4.69, 9.17) is 0 Å². The Kier molecular flexibility index (Phi) is 5.48. The van der Waals surface area contributed by atoms with Gasteiger partial charge in [0.2, 0.25) is 0 Å². The third-order valence-electron chi connectivity index (χ3n) is 5.24. The van der Waals surface area contributed by atoms with E-state index in [0.717, 1.165) is 44.5 Å². The molecule has 0 radical (unpaired) electrons. The fourth-order valence-electron chi connectivity index (χ4n) is 3.68. The summed E-state index contributed by atoms with van der Waals surface area (Å²) in [6.45, 7) is 9.69. The van der Waals surface area contributed by atoms with E-state index in [-0.39, 0.29) is 22.8 Å². The Labute approximate surface area is 144 Å². The van der Waals surface area contributed by atoms with Gasteiger partial charge in [-0.3, -0.25) is 0 Å². The number of aliphatic hydroxyl groups excluding tert-OH is 1. The lowest BCUT2D eigenvalue weighted by Gasteiger charge is -2.43. The molecule has 3 fully saturated rings. The van der Waals surface area contributed by atoms with Crippen molar-refractivity contribution in [2.24, 2.45) is 10.8 Å². The lowest BCUT2D eigenvalue weighted by Crippen LogP contribution is -2.52. The lowest BCUT2D eigenvalue weighted by atomic mass is 9.80. The largest absolute Gasteiger partial charge is 0.392 e. The maximum absolute atomic E-state index is 10.7. The fourth-order valence-corrected chi connectivity index (χ4v) is 3.68. The minimum atomic E-state index is -0.478. The highest BCUT2D eigenvalue weighted by atomic mass is 16.6. The summed E-state index contributed by atoms with van der Waals surface area (Å²) in [7, 11) is 0. The monoisotopic (exact) mass is 335 g/mol. The van der Waals surface area contributed by atoms with Gasteiger partial charge in [0.05, 0.1) is 11.8 Å². The molecule has 3 aliphatic rings. The molecular formula is C18H29N3O3. The maximum Gasteiger partial charge on any atom is 0.363 e. The SMILES string of the molecule is CC.CC.O=[N+]([O-])c1ccc(N2CC3(CC3)C(O)C3(CC3)C2)cn1. The molecule has 6 heteroatoms. The molecule has 6 nitrogen and oxygen atoms in total. The molecule has 1 N–H and O–H groups in total. The quantitative estimate of drug-likeness (QED) is 0.657. The van der Waals surface area contributed by atoms with Crippen LogP contribution in [0, 0.1) is 20.9 Å². The summed E-state index contributed by atoms with van der Waals surface area (Å²) in [6.07, 6.45) is 5.78. The lowest BCUT2D eigenvalue weighted by molar-refractivity contribution is -0.389. The van der Waals surface area contributed by atoms with Crippen LogP contribution in [0.1, 0.15) is 53.4 Å². The van der Waals surface area contributed by atoms with E-state index >= 15 is 0 Å². The number of aliphatic hydroxyl groups is 1. The molecule has 1 aromatic heterocycles. The van der Waals surface area contributed by atoms with Crippen LogP contribution in [0.3, 0.4) is 0 Å². The van der Waals surface area contributed by atoms with Crippen LogP contribution in [-0.4, -0.2) is 34.2 Å². The van der Waals surface area contributed by atoms with Crippen molar-refractivity contribution in [3.63, 3.8) is 0 Å². The summed E-state index contributed by atoms with van der Waals surface area (Å²) in [5, 5.41) is 21.2. The van der Waals surface area contributed by atoms with Crippen LogP contribution in [0.5, 0.6) is 0 Å². The van der Waals surface area contributed by atoms with Gasteiger partial charge in [0.1, 0.15) is 0 Å². The van der Waals surface area contributed by atoms with Gasteiger partial charge in [-0.15, -0.1) is 0 Å². The van der Waals surface area contributed by atoms with Crippen LogP contribution in [0.25, 0.3) is 0 Å². The molecule has 0 bridgehead atoms. The first-order valence-electron chi connectivity index (χ1n) is 9.08. The molecule has 0 atom stereocenters. The van der Waals surface area contributed by atoms with Gasteiger partial charge < -0.3 is 20.1 Å². The van der Waals surface area contributed by atoms with Gasteiger partial charge in [0.15, 0.2) is 6.20 Å². The van der Waals surface area contributed by atoms with Gasteiger partial charge in [0, 0.05) is 30.0 Å². The third kappa shape index (κ3) is 3.24. The number of piperidine rings is 1. The molecule has 2 heterocycles. The van der Waals surface area contributed by atoms with Crippen LogP contribution >= 0.6 is 0 Å². The topological polar surface area (TPSA) is 79.5 Å². The summed E-state index contributed by atoms with van der Waals surface area (Å²) in [4.78, 5) is 16.3. The van der Waals surface area contributed by atoms with E-state index in [1.807, 2.05) is 27.7 Å². The average Bonchev–Trinajstić information content (AvgIpc) is 3.54. The summed E-state index contributed by atoms with van der Waals surface area (Å²) in [5.41, 5.74) is 1.06. The minimum Gasteiger partial charge on any atom is -0.392 e. The van der Waals surface area contributed by atoms with Crippen LogP contribution in [-0.2, 0) is 0 Å². The number of hydrogen-bond acceptors (Lipinski definition) is 5. The zero-order chi connectivity index (χ0) is 18.0. The first-order valence-corrected chi connectivity index (χ1v) is 9.08. The van der Waals surface area contributed by atoms with Gasteiger partial charge in [-0.25, -0.2) is 0 Å². The Morgan fingerprint density at radius 1 is 1.12 bits per heavy atom. The summed E-state index contributed by atoms with van der Waals surface area (Å²) < 4.78 is 0. The van der Waals surface area contributed by atoms with Crippen LogP contribution in [0.15, 0.2) is 18.3 Å². The summed E-state index contributed by atoms with van der Waals surface area (Å²) in [6, 6.07) is 3.23. The number of pyridine rings is 1. The second-order valence-electron chi connectivity index (χ2n) is 6.62. The maximum atomic E-state index is 10.7. The van der Waals surface area contributed by atoms with Crippen LogP contribution in [0.2, 0.25) is 0 Å². The smallest absolute Gasteiger partial charge is 0.363 e. The van der Waals surface area contributed by atoms with Crippen molar-refractivity contribution in [1.29, 1.82) is 0 Å². The molecule has 2 saturated carbocycles. The second-order valence-corrected chi connectivity index (χ2v) is 6.62. The van der Waals surface area contributed by atoms with Crippen LogP contribution < -0.4 is 4.90 Å². The van der Waals surface area contributed by atoms with Gasteiger partial charge >= 0.3 is 5.82 Å². The fraction of sp³-hybridized carbons (Fsp3) is 0.722. The van der Waals surface area contributed by atoms with Gasteiger partial charge in [-0.2, -0.15) is 0 Å². The first-order chi connectivity index (χ1) is 11.5. The molecule has 2 spiro atoms. The second kappa shape index (κ2) is 7.05. The Bertz CT molecular complexity index is 543. The Balaban J connectivity index is 0.000000487. The molecule has 1 aromatic rings. The molecule has 2 aliphatic carbocycles. The average molecular weight is 335 g/mol. The van der Waals surface area contributed by atoms with E-state index in [1.165, 1.54) is 6.07 Å². The van der Waals surface area contributed by atoms with E-state index in [2.05, 4.69) is 9.88 Å². The molecule has 0 aromatic carbocycles. The number of nitro groups is 1. The van der Waals surface area contributed by atoms with Crippen molar-refractivity contribution >= 4 is 11.5 Å². The van der Waals surface area contributed by atoms with Crippen molar-refractivity contribution in [3.8, 4) is 0 Å². The predicted molar refractivity (Wildman–Crippen MR) is 95.1 cm³/mol. The van der Waals surface area contributed by atoms with E-state index < -0.39 is 4.92 Å². The zero-order valence-corrected chi connectivity index (χ0v) is 15.2. The van der Waals surface area contributed by atoms with E-state index in [0.29, 0.717) is 0 Å². The van der Waals surface area contributed by atoms with E-state index in [9.17, 15) is 15.2 Å². The standard InChI is InChI=1S/C14H17N3O3.2C2H6/c18-12-13(3-4-13)8-16(9-14(12)5-6-14)10-1-2-11(15-7-10)17(19)20;2*1-2/h1-2,7,12,18H,3-6,8-9H2;2*1-2H3. The molecule has 1 saturated heterocycles. The third-order valence-corrected chi connectivity index (χ3v) is 5.24. The number of nitrogens with zero attached hydrogens (tertiary/aromatic N) is 3. The van der Waals surface area contributed by atoms with Crippen molar-refractivity contribution in [2.75, 3.05) is 18.0 Å². The molecular weight excluding hydrogens is 306 g/mol. The number of aromatic nitrogens is 1. The zero-order valence-electron chi connectivity index (χ0n) is 15.2. The number of rotatable bonds is 2. The highest BCUT2D eigenvalue weighted by molar-refractivity contribution is 5.49. The normalized spacial score (nSPS) is 22.1. The molecule has 4 rings (SSSR count). The van der Waals surface area contributed by atoms with Crippen LogP contribution in [0.4, 0.5) is 11.5 Å². The molecule has 0 unspecified atom stereocenters. The van der Waals surface area contributed by atoms with Crippen molar-refractivity contribution in [2.45, 2.75) is 59.5 Å². The van der Waals surface area contributed by atoms with Crippen molar-refractivity contribution in [1.82, 2.24) is 4.98 Å². The molecule has 24 heavy (non-hydrogen) atoms. The first kappa shape index (κ1) is 18.6. The predicted octanol–water partition coefficient (Wildman–Crippen LogP) is 3.78. The Morgan fingerprint density at radius 3 is 1.96 bits per heavy atom. The van der Waals surface area contributed by atoms with E-state index in [1.54, 1.807) is 12.3 Å². The summed E-state index contributed by atoms with van der Waals surface area (Å²) >= 11 is 0.